The van der Waals surface area contributed by atoms with Crippen molar-refractivity contribution in [2.75, 3.05) is 19.7 Å². The quantitative estimate of drug-likeness (QED) is 0.472. The van der Waals surface area contributed by atoms with Crippen molar-refractivity contribution in [2.24, 2.45) is 10.9 Å². The van der Waals surface area contributed by atoms with Gasteiger partial charge in [0, 0.05) is 25.8 Å². The number of aliphatic hydroxyl groups is 1. The van der Waals surface area contributed by atoms with Crippen LogP contribution in [0.5, 0.6) is 0 Å². The van der Waals surface area contributed by atoms with Crippen LogP contribution in [0.4, 0.5) is 0 Å². The van der Waals surface area contributed by atoms with Crippen LogP contribution in [0.15, 0.2) is 21.8 Å². The first-order valence-electron chi connectivity index (χ1n) is 7.32. The Hall–Kier alpha value is -1.56. The van der Waals surface area contributed by atoms with Gasteiger partial charge in [0.25, 0.3) is 0 Å². The molecule has 0 saturated heterocycles. The van der Waals surface area contributed by atoms with E-state index in [4.69, 9.17) is 9.63 Å². The predicted octanol–water partition coefficient (Wildman–Crippen LogP) is 1.53. The van der Waals surface area contributed by atoms with Crippen molar-refractivity contribution in [2.45, 2.75) is 39.7 Å². The van der Waals surface area contributed by atoms with Gasteiger partial charge in [-0.05, 0) is 25.7 Å². The van der Waals surface area contributed by atoms with Crippen molar-refractivity contribution in [3.63, 3.8) is 0 Å². The summed E-state index contributed by atoms with van der Waals surface area (Å²) < 4.78 is 4.78. The number of aromatic nitrogens is 1. The van der Waals surface area contributed by atoms with Crippen molar-refractivity contribution < 1.29 is 9.63 Å². The summed E-state index contributed by atoms with van der Waals surface area (Å²) >= 11 is 0. The number of aliphatic hydroxyl groups excluding tert-OH is 1. The zero-order valence-corrected chi connectivity index (χ0v) is 12.4. The summed E-state index contributed by atoms with van der Waals surface area (Å²) in [5, 5.41) is 19.4. The van der Waals surface area contributed by atoms with Gasteiger partial charge in [-0.1, -0.05) is 18.5 Å². The second kappa shape index (κ2) is 10.3. The van der Waals surface area contributed by atoms with Crippen LogP contribution in [0.2, 0.25) is 0 Å². The molecule has 6 nitrogen and oxygen atoms in total. The van der Waals surface area contributed by atoms with E-state index in [1.165, 1.54) is 0 Å². The van der Waals surface area contributed by atoms with Gasteiger partial charge in [-0.2, -0.15) is 0 Å². The third-order valence-corrected chi connectivity index (χ3v) is 3.03. The minimum atomic E-state index is 0.235. The van der Waals surface area contributed by atoms with Gasteiger partial charge in [0.1, 0.15) is 12.0 Å². The van der Waals surface area contributed by atoms with E-state index in [1.54, 1.807) is 12.3 Å². The number of hydrogen-bond acceptors (Lipinski definition) is 4. The summed E-state index contributed by atoms with van der Waals surface area (Å²) in [6.07, 6.45) is 4.60. The lowest BCUT2D eigenvalue weighted by Gasteiger charge is -2.18. The molecule has 6 heteroatoms. The first kappa shape index (κ1) is 16.5. The van der Waals surface area contributed by atoms with Crippen LogP contribution in [0.1, 0.15) is 38.8 Å². The number of guanidine groups is 1. The van der Waals surface area contributed by atoms with Crippen LogP contribution in [0, 0.1) is 5.92 Å². The molecule has 0 aliphatic carbocycles. The van der Waals surface area contributed by atoms with Gasteiger partial charge in [0.2, 0.25) is 0 Å². The van der Waals surface area contributed by atoms with Crippen LogP contribution < -0.4 is 10.6 Å². The normalized spacial score (nSPS) is 13.2. The van der Waals surface area contributed by atoms with Gasteiger partial charge < -0.3 is 20.3 Å². The van der Waals surface area contributed by atoms with Crippen LogP contribution in [0.25, 0.3) is 0 Å². The van der Waals surface area contributed by atoms with Crippen molar-refractivity contribution in [1.29, 1.82) is 0 Å². The van der Waals surface area contributed by atoms with Crippen LogP contribution >= 0.6 is 0 Å². The van der Waals surface area contributed by atoms with Gasteiger partial charge in [0.05, 0.1) is 6.54 Å². The third-order valence-electron chi connectivity index (χ3n) is 3.03. The molecule has 1 aromatic heterocycles. The fourth-order valence-electron chi connectivity index (χ4n) is 2.00. The average molecular weight is 282 g/mol. The minimum absolute atomic E-state index is 0.235. The highest BCUT2D eigenvalue weighted by molar-refractivity contribution is 5.79. The molecule has 1 heterocycles. The highest BCUT2D eigenvalue weighted by atomic mass is 16.5. The predicted molar refractivity (Wildman–Crippen MR) is 79.4 cm³/mol. The lowest BCUT2D eigenvalue weighted by molar-refractivity contribution is 0.251. The lowest BCUT2D eigenvalue weighted by atomic mass is 10.0. The number of aliphatic imine (C=N–C) groups is 1. The summed E-state index contributed by atoms with van der Waals surface area (Å²) in [5.74, 6) is 1.25. The molecule has 0 bridgehead atoms. The number of hydrogen-bond donors (Lipinski definition) is 3. The van der Waals surface area contributed by atoms with Crippen LogP contribution in [-0.4, -0.2) is 35.9 Å². The molecule has 20 heavy (non-hydrogen) atoms. The molecule has 3 N–H and O–H groups in total. The smallest absolute Gasteiger partial charge is 0.191 e. The molecular formula is C14H26N4O2. The van der Waals surface area contributed by atoms with E-state index in [2.05, 4.69) is 27.7 Å². The van der Waals surface area contributed by atoms with E-state index in [9.17, 15) is 0 Å². The molecule has 1 atom stereocenters. The number of rotatable bonds is 9. The molecule has 1 rings (SSSR count). The SMILES string of the molecule is CCCC(CCO)CNC(=NCc1ccon1)NCC. The Bertz CT molecular complexity index is 359. The van der Waals surface area contributed by atoms with Crippen LogP contribution in [0.3, 0.4) is 0 Å². The average Bonchev–Trinajstić information content (AvgIpc) is 2.95. The molecule has 0 aliphatic heterocycles. The lowest BCUT2D eigenvalue weighted by Crippen LogP contribution is -2.40. The summed E-state index contributed by atoms with van der Waals surface area (Å²) in [5.41, 5.74) is 0.808. The standard InChI is InChI=1S/C14H26N4O2/c1-3-5-12(6-8-19)10-16-14(15-4-2)17-11-13-7-9-20-18-13/h7,9,12,19H,3-6,8,10-11H2,1-2H3,(H2,15,16,17). The second-order valence-corrected chi connectivity index (χ2v) is 4.73. The van der Waals surface area contributed by atoms with Gasteiger partial charge >= 0.3 is 0 Å². The van der Waals surface area contributed by atoms with E-state index in [1.807, 2.05) is 6.92 Å². The van der Waals surface area contributed by atoms with Gasteiger partial charge in [-0.15, -0.1) is 0 Å². The molecule has 1 aromatic rings. The molecule has 0 amide bonds. The first-order chi connectivity index (χ1) is 9.80. The third kappa shape index (κ3) is 6.56. The molecule has 0 fully saturated rings. The van der Waals surface area contributed by atoms with Gasteiger partial charge in [0.15, 0.2) is 5.96 Å². The first-order valence-corrected chi connectivity index (χ1v) is 7.32. The van der Waals surface area contributed by atoms with E-state index in [-0.39, 0.29) is 6.61 Å². The number of nitrogens with one attached hydrogen (secondary N) is 2. The Morgan fingerprint density at radius 3 is 2.85 bits per heavy atom. The minimum Gasteiger partial charge on any atom is -0.396 e. The Morgan fingerprint density at radius 1 is 1.40 bits per heavy atom. The molecule has 0 spiro atoms. The zero-order chi connectivity index (χ0) is 14.6. The molecular weight excluding hydrogens is 256 g/mol. The maximum absolute atomic E-state index is 9.07. The van der Waals surface area contributed by atoms with E-state index >= 15 is 0 Å². The molecule has 0 aromatic carbocycles. The van der Waals surface area contributed by atoms with Crippen molar-refractivity contribution >= 4 is 5.96 Å². The second-order valence-electron chi connectivity index (χ2n) is 4.73. The summed E-state index contributed by atoms with van der Waals surface area (Å²) in [4.78, 5) is 4.46. The topological polar surface area (TPSA) is 82.7 Å². The molecule has 0 radical (unpaired) electrons. The molecule has 0 aliphatic rings. The van der Waals surface area contributed by atoms with Gasteiger partial charge in [-0.3, -0.25) is 0 Å². The summed E-state index contributed by atoms with van der Waals surface area (Å²) in [7, 11) is 0. The van der Waals surface area contributed by atoms with Gasteiger partial charge in [-0.25, -0.2) is 4.99 Å². The van der Waals surface area contributed by atoms with Crippen molar-refractivity contribution in [1.82, 2.24) is 15.8 Å². The zero-order valence-electron chi connectivity index (χ0n) is 12.4. The fraction of sp³-hybridized carbons (Fsp3) is 0.714. The Labute approximate surface area is 120 Å². The van der Waals surface area contributed by atoms with E-state index < -0.39 is 0 Å². The maximum atomic E-state index is 9.07. The number of nitrogens with zero attached hydrogens (tertiary/aromatic N) is 2. The highest BCUT2D eigenvalue weighted by Gasteiger charge is 2.08. The van der Waals surface area contributed by atoms with Crippen molar-refractivity contribution in [3.8, 4) is 0 Å². The van der Waals surface area contributed by atoms with Crippen LogP contribution in [-0.2, 0) is 6.54 Å². The van der Waals surface area contributed by atoms with E-state index in [0.29, 0.717) is 12.5 Å². The van der Waals surface area contributed by atoms with Crippen molar-refractivity contribution in [3.05, 3.63) is 18.0 Å². The Kier molecular flexibility index (Phi) is 8.46. The Morgan fingerprint density at radius 2 is 2.25 bits per heavy atom. The maximum Gasteiger partial charge on any atom is 0.191 e. The molecule has 114 valence electrons. The molecule has 1 unspecified atom stereocenters. The summed E-state index contributed by atoms with van der Waals surface area (Å²) in [6.45, 7) is 6.55. The Balaban J connectivity index is 2.46. The fourth-order valence-corrected chi connectivity index (χ4v) is 2.00. The molecule has 0 saturated carbocycles. The monoisotopic (exact) mass is 282 g/mol. The highest BCUT2D eigenvalue weighted by Crippen LogP contribution is 2.09. The summed E-state index contributed by atoms with van der Waals surface area (Å²) in [6, 6.07) is 1.80. The largest absolute Gasteiger partial charge is 0.396 e. The van der Waals surface area contributed by atoms with E-state index in [0.717, 1.165) is 44.0 Å².